The number of nitrogens with one attached hydrogen (secondary N) is 2. The topological polar surface area (TPSA) is 184 Å². The molecule has 1 aliphatic rings. The Morgan fingerprint density at radius 3 is 2.47 bits per heavy atom. The van der Waals surface area contributed by atoms with E-state index in [9.17, 15) is 24.5 Å². The van der Waals surface area contributed by atoms with Crippen molar-refractivity contribution in [3.63, 3.8) is 0 Å². The van der Waals surface area contributed by atoms with Crippen molar-refractivity contribution in [3.05, 3.63) is 78.9 Å². The summed E-state index contributed by atoms with van der Waals surface area (Å²) in [5.41, 5.74) is 1.57. The lowest BCUT2D eigenvalue weighted by atomic mass is 10.1. The lowest BCUT2D eigenvalue weighted by molar-refractivity contribution is -0.202. The highest BCUT2D eigenvalue weighted by molar-refractivity contribution is 7.50. The molecule has 198 valence electrons. The predicted octanol–water partition coefficient (Wildman–Crippen LogP) is 1.86. The molecule has 5 rings (SSSR count). The van der Waals surface area contributed by atoms with Crippen molar-refractivity contribution in [2.24, 2.45) is 0 Å². The molecule has 14 heteroatoms. The highest BCUT2D eigenvalue weighted by Crippen LogP contribution is 2.42. The minimum atomic E-state index is -4.29. The van der Waals surface area contributed by atoms with Gasteiger partial charge in [-0.1, -0.05) is 48.5 Å². The maximum absolute atomic E-state index is 12.4. The van der Waals surface area contributed by atoms with E-state index in [1.165, 1.54) is 17.2 Å². The fourth-order valence-corrected chi connectivity index (χ4v) is 5.18. The quantitative estimate of drug-likeness (QED) is 0.241. The van der Waals surface area contributed by atoms with Gasteiger partial charge in [0, 0.05) is 11.8 Å². The Morgan fingerprint density at radius 2 is 1.74 bits per heavy atom. The van der Waals surface area contributed by atoms with Crippen molar-refractivity contribution < 1.29 is 33.7 Å². The third-order valence-electron chi connectivity index (χ3n) is 5.89. The van der Waals surface area contributed by atoms with Crippen molar-refractivity contribution in [2.45, 2.75) is 30.7 Å². The molecule has 4 aromatic rings. The number of anilines is 2. The van der Waals surface area contributed by atoms with E-state index >= 15 is 0 Å². The predicted molar refractivity (Wildman–Crippen MR) is 134 cm³/mol. The highest BCUT2D eigenvalue weighted by atomic mass is 31.2. The number of fused-ring (bicyclic) bond motifs is 1. The van der Waals surface area contributed by atoms with Crippen molar-refractivity contribution in [1.29, 1.82) is 0 Å². The first-order valence-corrected chi connectivity index (χ1v) is 13.3. The van der Waals surface area contributed by atoms with Gasteiger partial charge in [-0.3, -0.25) is 9.88 Å². The van der Waals surface area contributed by atoms with Gasteiger partial charge in [0.15, 0.2) is 23.2 Å². The summed E-state index contributed by atoms with van der Waals surface area (Å²) in [6.07, 6.45) is -2.96. The van der Waals surface area contributed by atoms with E-state index in [-0.39, 0.29) is 23.1 Å². The van der Waals surface area contributed by atoms with Crippen LogP contribution in [0.5, 0.6) is 0 Å². The molecule has 5 atom stereocenters. The fraction of sp³-hybridized carbons (Fsp3) is 0.250. The van der Waals surface area contributed by atoms with Gasteiger partial charge < -0.3 is 34.2 Å². The first kappa shape index (κ1) is 25.9. The standard InChI is InChI=1S/C24H25N6O7P/c31-19-17(11-36-38(34,35)12-15-7-3-1-4-8-15)37-23(20(19)32)30-14-27-18-21(25-13-26-22(18)30)29-24(33)28-16-9-5-2-6-10-16/h1-10,13-14,17,19-20,23,31-32H,11-12H2,(H,34,35)(H2,25,26,28,29,33)/p-1/t17-,19?,20+,23-/m1/s1. The molecule has 1 saturated heterocycles. The number of carbonyl (C=O) groups excluding carboxylic acids is 1. The second-order valence-electron chi connectivity index (χ2n) is 8.59. The van der Waals surface area contributed by atoms with E-state index in [1.54, 1.807) is 54.6 Å². The number of imidazole rings is 1. The third-order valence-corrected chi connectivity index (χ3v) is 7.18. The Morgan fingerprint density at radius 1 is 1.03 bits per heavy atom. The number of hydrogen-bond acceptors (Lipinski definition) is 10. The normalized spacial score (nSPS) is 22.7. The Balaban J connectivity index is 1.27. The van der Waals surface area contributed by atoms with Crippen LogP contribution in [0, 0.1) is 0 Å². The molecule has 3 heterocycles. The molecule has 2 aromatic carbocycles. The summed E-state index contributed by atoms with van der Waals surface area (Å²) in [5.74, 6) is 0.114. The molecule has 0 aliphatic carbocycles. The van der Waals surface area contributed by atoms with E-state index < -0.39 is 44.8 Å². The summed E-state index contributed by atoms with van der Waals surface area (Å²) in [7, 11) is -4.29. The van der Waals surface area contributed by atoms with Crippen LogP contribution in [0.3, 0.4) is 0 Å². The zero-order chi connectivity index (χ0) is 26.7. The number of hydrogen-bond donors (Lipinski definition) is 4. The van der Waals surface area contributed by atoms with E-state index in [1.807, 2.05) is 6.07 Å². The average molecular weight is 539 g/mol. The van der Waals surface area contributed by atoms with Gasteiger partial charge >= 0.3 is 6.03 Å². The van der Waals surface area contributed by atoms with E-state index in [4.69, 9.17) is 9.26 Å². The van der Waals surface area contributed by atoms with Crippen LogP contribution < -0.4 is 15.5 Å². The van der Waals surface area contributed by atoms with Crippen molar-refractivity contribution in [2.75, 3.05) is 17.2 Å². The van der Waals surface area contributed by atoms with Gasteiger partial charge in [0.05, 0.1) is 12.9 Å². The summed E-state index contributed by atoms with van der Waals surface area (Å²) in [5, 5.41) is 26.5. The Labute approximate surface area is 216 Å². The van der Waals surface area contributed by atoms with Crippen LogP contribution in [0.2, 0.25) is 0 Å². The minimum absolute atomic E-state index is 0.114. The number of urea groups is 1. The number of aliphatic hydroxyl groups excluding tert-OH is 2. The first-order chi connectivity index (χ1) is 18.3. The van der Waals surface area contributed by atoms with Crippen LogP contribution in [0.25, 0.3) is 11.2 Å². The van der Waals surface area contributed by atoms with Crippen molar-refractivity contribution in [3.8, 4) is 0 Å². The second-order valence-corrected chi connectivity index (χ2v) is 10.4. The van der Waals surface area contributed by atoms with Gasteiger partial charge in [-0.25, -0.2) is 19.7 Å². The van der Waals surface area contributed by atoms with E-state index in [2.05, 4.69) is 25.6 Å². The zero-order valence-electron chi connectivity index (χ0n) is 19.8. The van der Waals surface area contributed by atoms with Crippen LogP contribution in [-0.4, -0.2) is 60.7 Å². The monoisotopic (exact) mass is 539 g/mol. The maximum atomic E-state index is 12.4. The molecule has 2 aromatic heterocycles. The largest absolute Gasteiger partial charge is 0.778 e. The number of benzene rings is 2. The molecule has 2 unspecified atom stereocenters. The average Bonchev–Trinajstić information content (AvgIpc) is 3.45. The lowest BCUT2D eigenvalue weighted by Gasteiger charge is -2.25. The van der Waals surface area contributed by atoms with Crippen LogP contribution in [0.1, 0.15) is 11.8 Å². The smallest absolute Gasteiger partial charge is 0.324 e. The molecule has 0 spiro atoms. The molecule has 38 heavy (non-hydrogen) atoms. The second kappa shape index (κ2) is 11.0. The lowest BCUT2D eigenvalue weighted by Crippen LogP contribution is -2.34. The zero-order valence-corrected chi connectivity index (χ0v) is 20.7. The molecular weight excluding hydrogens is 515 g/mol. The fourth-order valence-electron chi connectivity index (χ4n) is 4.06. The summed E-state index contributed by atoms with van der Waals surface area (Å²) in [6, 6.07) is 16.8. The third kappa shape index (κ3) is 5.73. The number of ether oxygens (including phenoxy) is 1. The molecule has 2 amide bonds. The van der Waals surface area contributed by atoms with Crippen LogP contribution in [-0.2, 0) is 20.0 Å². The summed E-state index contributed by atoms with van der Waals surface area (Å²) >= 11 is 0. The number of aliphatic hydroxyl groups is 2. The van der Waals surface area contributed by atoms with Crippen molar-refractivity contribution in [1.82, 2.24) is 19.5 Å². The number of nitrogens with zero attached hydrogens (tertiary/aromatic N) is 4. The molecule has 0 bridgehead atoms. The number of rotatable bonds is 8. The van der Waals surface area contributed by atoms with Gasteiger partial charge in [-0.05, 0) is 17.7 Å². The van der Waals surface area contributed by atoms with Gasteiger partial charge in [0.25, 0.3) is 0 Å². The van der Waals surface area contributed by atoms with E-state index in [0.29, 0.717) is 11.3 Å². The van der Waals surface area contributed by atoms with Crippen LogP contribution in [0.4, 0.5) is 16.3 Å². The molecule has 1 fully saturated rings. The summed E-state index contributed by atoms with van der Waals surface area (Å²) in [4.78, 5) is 37.3. The SMILES string of the molecule is O=C(Nc1ccccc1)Nc1ncnc2c1ncn2[C@@H]1O[C@H](COP(=O)([O-])Cc2ccccc2)C(O)[C@@H]1O. The molecule has 1 aliphatic heterocycles. The van der Waals surface area contributed by atoms with Gasteiger partial charge in [-0.15, -0.1) is 0 Å². The van der Waals surface area contributed by atoms with Gasteiger partial charge in [0.2, 0.25) is 0 Å². The summed E-state index contributed by atoms with van der Waals surface area (Å²) in [6.45, 7) is -0.490. The number of amides is 2. The first-order valence-electron chi connectivity index (χ1n) is 11.6. The molecule has 13 nitrogen and oxygen atoms in total. The maximum Gasteiger partial charge on any atom is 0.324 e. The number of carbonyl (C=O) groups is 1. The molecular formula is C24H24N6O7P-. The van der Waals surface area contributed by atoms with E-state index in [0.717, 1.165) is 0 Å². The molecule has 0 saturated carbocycles. The van der Waals surface area contributed by atoms with Crippen LogP contribution in [0.15, 0.2) is 73.3 Å². The molecule has 4 N–H and O–H groups in total. The number of para-hydroxylation sites is 1. The van der Waals surface area contributed by atoms with Gasteiger partial charge in [-0.2, -0.15) is 0 Å². The van der Waals surface area contributed by atoms with Gasteiger partial charge in [0.1, 0.15) is 32.2 Å². The Bertz CT molecular complexity index is 1450. The molecule has 0 radical (unpaired) electrons. The highest BCUT2D eigenvalue weighted by Gasteiger charge is 2.44. The number of aromatic nitrogens is 4. The Kier molecular flexibility index (Phi) is 7.47. The van der Waals surface area contributed by atoms with Crippen molar-refractivity contribution >= 4 is 36.3 Å². The minimum Gasteiger partial charge on any atom is -0.778 e. The van der Waals surface area contributed by atoms with Crippen LogP contribution >= 0.6 is 7.60 Å². The summed E-state index contributed by atoms with van der Waals surface area (Å²) < 4.78 is 24.6. The Hall–Kier alpha value is -3.71.